The highest BCUT2D eigenvalue weighted by Crippen LogP contribution is 2.10. The second kappa shape index (κ2) is 8.37. The number of amides is 1. The maximum absolute atomic E-state index is 12.8. The van der Waals surface area contributed by atoms with Crippen LogP contribution in [-0.4, -0.2) is 17.9 Å². The van der Waals surface area contributed by atoms with Crippen LogP contribution in [0.4, 0.5) is 0 Å². The zero-order valence-electron chi connectivity index (χ0n) is 13.5. The molecule has 1 unspecified atom stereocenters. The van der Waals surface area contributed by atoms with Crippen LogP contribution in [0.2, 0.25) is 0 Å². The third-order valence-corrected chi connectivity index (χ3v) is 4.56. The Morgan fingerprint density at radius 1 is 0.880 bits per heavy atom. The van der Waals surface area contributed by atoms with E-state index in [-0.39, 0.29) is 11.7 Å². The molecular weight excluding hydrogens is 332 g/mol. The monoisotopic (exact) mass is 350 g/mol. The van der Waals surface area contributed by atoms with Gasteiger partial charge >= 0.3 is 0 Å². The van der Waals surface area contributed by atoms with E-state index in [0.29, 0.717) is 17.0 Å². The second-order valence-corrected chi connectivity index (χ2v) is 6.43. The number of hydrogen-bond acceptors (Lipinski definition) is 4. The standard InChI is InChI=1S/C20H18N2O2S/c23-18(16-10-5-2-6-11-16)19(21-14-15-8-3-1-4-9-15)22-20(24)17-12-7-13-25-17/h1-13,19,21H,14H2,(H,22,24). The summed E-state index contributed by atoms with van der Waals surface area (Å²) < 4.78 is 0. The summed E-state index contributed by atoms with van der Waals surface area (Å²) in [6.45, 7) is 0.481. The van der Waals surface area contributed by atoms with Crippen molar-refractivity contribution in [1.29, 1.82) is 0 Å². The second-order valence-electron chi connectivity index (χ2n) is 5.48. The molecule has 2 N–H and O–H groups in total. The van der Waals surface area contributed by atoms with E-state index in [9.17, 15) is 9.59 Å². The van der Waals surface area contributed by atoms with Crippen molar-refractivity contribution in [1.82, 2.24) is 10.6 Å². The van der Waals surface area contributed by atoms with Crippen LogP contribution < -0.4 is 10.6 Å². The van der Waals surface area contributed by atoms with Crippen molar-refractivity contribution < 1.29 is 9.59 Å². The Kier molecular flexibility index (Phi) is 5.72. The average Bonchev–Trinajstić information content (AvgIpc) is 3.21. The number of ketones is 1. The fraction of sp³-hybridized carbons (Fsp3) is 0.100. The molecule has 1 amide bonds. The van der Waals surface area contributed by atoms with Crippen LogP contribution in [0.3, 0.4) is 0 Å². The summed E-state index contributed by atoms with van der Waals surface area (Å²) in [6, 6.07) is 22.3. The Hall–Kier alpha value is -2.76. The van der Waals surface area contributed by atoms with Gasteiger partial charge in [-0.25, -0.2) is 0 Å². The molecule has 0 radical (unpaired) electrons. The Morgan fingerprint density at radius 2 is 1.56 bits per heavy atom. The minimum absolute atomic E-state index is 0.165. The lowest BCUT2D eigenvalue weighted by atomic mass is 10.1. The number of thiophene rings is 1. The van der Waals surface area contributed by atoms with Gasteiger partial charge < -0.3 is 5.32 Å². The Balaban J connectivity index is 1.75. The summed E-state index contributed by atoms with van der Waals surface area (Å²) in [7, 11) is 0. The molecule has 1 heterocycles. The van der Waals surface area contributed by atoms with Gasteiger partial charge in [0.25, 0.3) is 5.91 Å². The maximum Gasteiger partial charge on any atom is 0.262 e. The molecule has 0 saturated heterocycles. The summed E-state index contributed by atoms with van der Waals surface area (Å²) in [5.41, 5.74) is 1.60. The molecule has 3 aromatic rings. The van der Waals surface area contributed by atoms with Crippen molar-refractivity contribution in [2.24, 2.45) is 0 Å². The fourth-order valence-electron chi connectivity index (χ4n) is 2.40. The molecule has 0 aliphatic heterocycles. The van der Waals surface area contributed by atoms with Crippen LogP contribution in [0.1, 0.15) is 25.6 Å². The van der Waals surface area contributed by atoms with E-state index in [2.05, 4.69) is 10.6 Å². The van der Waals surface area contributed by atoms with Gasteiger partial charge in [0.05, 0.1) is 4.88 Å². The third kappa shape index (κ3) is 4.62. The van der Waals surface area contributed by atoms with E-state index in [1.54, 1.807) is 18.2 Å². The lowest BCUT2D eigenvalue weighted by molar-refractivity contribution is 0.0839. The summed E-state index contributed by atoms with van der Waals surface area (Å²) in [4.78, 5) is 25.7. The molecule has 0 spiro atoms. The van der Waals surface area contributed by atoms with Crippen molar-refractivity contribution in [3.63, 3.8) is 0 Å². The Bertz CT molecular complexity index is 817. The average molecular weight is 350 g/mol. The van der Waals surface area contributed by atoms with Crippen LogP contribution in [0.25, 0.3) is 0 Å². The van der Waals surface area contributed by atoms with Gasteiger partial charge in [-0.1, -0.05) is 66.7 Å². The van der Waals surface area contributed by atoms with Gasteiger partial charge in [0, 0.05) is 12.1 Å². The number of nitrogens with one attached hydrogen (secondary N) is 2. The molecule has 0 saturated carbocycles. The molecule has 1 atom stereocenters. The first kappa shape index (κ1) is 17.1. The SMILES string of the molecule is O=C(NC(NCc1ccccc1)C(=O)c1ccccc1)c1cccs1. The number of benzene rings is 2. The van der Waals surface area contributed by atoms with E-state index in [1.165, 1.54) is 11.3 Å². The minimum Gasteiger partial charge on any atom is -0.329 e. The summed E-state index contributed by atoms with van der Waals surface area (Å²) in [5, 5.41) is 7.78. The van der Waals surface area contributed by atoms with E-state index < -0.39 is 6.17 Å². The van der Waals surface area contributed by atoms with E-state index in [4.69, 9.17) is 0 Å². The molecule has 1 aromatic heterocycles. The van der Waals surface area contributed by atoms with Gasteiger partial charge in [-0.05, 0) is 17.0 Å². The highest BCUT2D eigenvalue weighted by molar-refractivity contribution is 7.12. The number of rotatable bonds is 7. The number of carbonyl (C=O) groups is 2. The third-order valence-electron chi connectivity index (χ3n) is 3.69. The normalized spacial score (nSPS) is 11.7. The van der Waals surface area contributed by atoms with E-state index in [0.717, 1.165) is 5.56 Å². The first-order valence-corrected chi connectivity index (χ1v) is 8.83. The zero-order valence-corrected chi connectivity index (χ0v) is 14.3. The molecule has 0 aliphatic rings. The van der Waals surface area contributed by atoms with E-state index in [1.807, 2.05) is 60.0 Å². The number of Topliss-reactive ketones (excluding diaryl/α,β-unsaturated/α-hetero) is 1. The van der Waals surface area contributed by atoms with Crippen LogP contribution in [0, 0.1) is 0 Å². The lowest BCUT2D eigenvalue weighted by Crippen LogP contribution is -2.50. The smallest absolute Gasteiger partial charge is 0.262 e. The molecule has 126 valence electrons. The molecule has 3 rings (SSSR count). The molecule has 0 bridgehead atoms. The Morgan fingerprint density at radius 3 is 2.20 bits per heavy atom. The number of hydrogen-bond donors (Lipinski definition) is 2. The van der Waals surface area contributed by atoms with E-state index >= 15 is 0 Å². The summed E-state index contributed by atoms with van der Waals surface area (Å²) in [6.07, 6.45) is -0.794. The molecule has 4 nitrogen and oxygen atoms in total. The predicted molar refractivity (Wildman–Crippen MR) is 99.6 cm³/mol. The van der Waals surface area contributed by atoms with Crippen LogP contribution in [0.5, 0.6) is 0 Å². The van der Waals surface area contributed by atoms with Crippen LogP contribution in [0.15, 0.2) is 78.2 Å². The molecule has 5 heteroatoms. The van der Waals surface area contributed by atoms with Gasteiger partial charge in [0.1, 0.15) is 6.17 Å². The largest absolute Gasteiger partial charge is 0.329 e. The lowest BCUT2D eigenvalue weighted by Gasteiger charge is -2.19. The van der Waals surface area contributed by atoms with Crippen molar-refractivity contribution in [2.75, 3.05) is 0 Å². The van der Waals surface area contributed by atoms with Crippen molar-refractivity contribution in [2.45, 2.75) is 12.7 Å². The van der Waals surface area contributed by atoms with Gasteiger partial charge in [0.2, 0.25) is 0 Å². The fourth-order valence-corrected chi connectivity index (χ4v) is 3.03. The first-order valence-electron chi connectivity index (χ1n) is 7.95. The molecule has 0 fully saturated rings. The van der Waals surface area contributed by atoms with Crippen molar-refractivity contribution >= 4 is 23.0 Å². The van der Waals surface area contributed by atoms with Crippen LogP contribution in [-0.2, 0) is 6.54 Å². The van der Waals surface area contributed by atoms with Crippen molar-refractivity contribution in [3.8, 4) is 0 Å². The predicted octanol–water partition coefficient (Wildman–Crippen LogP) is 3.48. The topological polar surface area (TPSA) is 58.2 Å². The Labute approximate surface area is 150 Å². The highest BCUT2D eigenvalue weighted by atomic mass is 32.1. The quantitative estimate of drug-likeness (QED) is 0.507. The summed E-state index contributed by atoms with van der Waals surface area (Å²) >= 11 is 1.34. The first-order chi connectivity index (χ1) is 12.2. The van der Waals surface area contributed by atoms with Gasteiger partial charge in [0.15, 0.2) is 5.78 Å². The molecule has 25 heavy (non-hydrogen) atoms. The highest BCUT2D eigenvalue weighted by Gasteiger charge is 2.22. The van der Waals surface area contributed by atoms with Crippen LogP contribution >= 0.6 is 11.3 Å². The minimum atomic E-state index is -0.794. The van der Waals surface area contributed by atoms with Gasteiger partial charge in [-0.3, -0.25) is 14.9 Å². The molecular formula is C20H18N2O2S. The van der Waals surface area contributed by atoms with Crippen molar-refractivity contribution in [3.05, 3.63) is 94.2 Å². The molecule has 0 aliphatic carbocycles. The zero-order chi connectivity index (χ0) is 17.5. The number of carbonyl (C=O) groups excluding carboxylic acids is 2. The van der Waals surface area contributed by atoms with Gasteiger partial charge in [-0.15, -0.1) is 11.3 Å². The summed E-state index contributed by atoms with van der Waals surface area (Å²) in [5.74, 6) is -0.425. The maximum atomic E-state index is 12.8. The molecule has 2 aromatic carbocycles. The van der Waals surface area contributed by atoms with Gasteiger partial charge in [-0.2, -0.15) is 0 Å².